The molecule has 1 fully saturated rings. The molecule has 1 atom stereocenters. The van der Waals surface area contributed by atoms with Gasteiger partial charge < -0.3 is 20.7 Å². The molecule has 3 aromatic rings. The van der Waals surface area contributed by atoms with Gasteiger partial charge in [0.05, 0.1) is 7.11 Å². The lowest BCUT2D eigenvalue weighted by Crippen LogP contribution is -2.44. The molecule has 5 amide bonds. The predicted octanol–water partition coefficient (Wildman–Crippen LogP) is 3.74. The van der Waals surface area contributed by atoms with E-state index in [1.807, 2.05) is 6.07 Å². The van der Waals surface area contributed by atoms with Crippen LogP contribution in [-0.2, 0) is 15.1 Å². The first-order chi connectivity index (χ1) is 17.4. The predicted molar refractivity (Wildman–Crippen MR) is 135 cm³/mol. The molecule has 1 aliphatic heterocycles. The molecular formula is C27H26N4O5. The summed E-state index contributed by atoms with van der Waals surface area (Å²) in [7, 11) is 1.56. The van der Waals surface area contributed by atoms with Crippen molar-refractivity contribution < 1.29 is 23.9 Å². The Morgan fingerprint density at radius 3 is 2.11 bits per heavy atom. The third kappa shape index (κ3) is 4.90. The number of benzene rings is 3. The first kappa shape index (κ1) is 24.5. The number of nitrogens with one attached hydrogen (secondary N) is 3. The number of carbonyl (C=O) groups is 4. The zero-order chi connectivity index (χ0) is 25.7. The average Bonchev–Trinajstić information content (AvgIpc) is 3.15. The zero-order valence-corrected chi connectivity index (χ0v) is 19.9. The normalized spacial score (nSPS) is 16.9. The van der Waals surface area contributed by atoms with Crippen molar-refractivity contribution >= 4 is 35.1 Å². The van der Waals surface area contributed by atoms with Crippen LogP contribution in [0.4, 0.5) is 16.2 Å². The van der Waals surface area contributed by atoms with Crippen LogP contribution in [0.3, 0.4) is 0 Å². The van der Waals surface area contributed by atoms with Gasteiger partial charge in [-0.25, -0.2) is 4.79 Å². The maximum Gasteiger partial charge on any atom is 0.325 e. The molecule has 0 saturated carbocycles. The molecule has 0 aliphatic carbocycles. The third-order valence-electron chi connectivity index (χ3n) is 6.05. The van der Waals surface area contributed by atoms with Gasteiger partial charge in [0.25, 0.3) is 11.8 Å². The lowest BCUT2D eigenvalue weighted by Gasteiger charge is -2.25. The summed E-state index contributed by atoms with van der Waals surface area (Å²) in [6.07, 6.45) is 0.347. The molecule has 1 unspecified atom stereocenters. The number of hydrogen-bond acceptors (Lipinski definition) is 5. The maximum absolute atomic E-state index is 13.2. The van der Waals surface area contributed by atoms with Crippen LogP contribution >= 0.6 is 0 Å². The van der Waals surface area contributed by atoms with Gasteiger partial charge in [0.1, 0.15) is 17.8 Å². The number of rotatable bonds is 8. The number of amides is 5. The summed E-state index contributed by atoms with van der Waals surface area (Å²) >= 11 is 0. The van der Waals surface area contributed by atoms with E-state index in [1.165, 1.54) is 0 Å². The highest BCUT2D eigenvalue weighted by atomic mass is 16.5. The molecule has 3 aromatic carbocycles. The lowest BCUT2D eigenvalue weighted by atomic mass is 9.87. The fourth-order valence-corrected chi connectivity index (χ4v) is 4.06. The molecule has 9 heteroatoms. The number of nitrogens with zero attached hydrogens (tertiary/aromatic N) is 1. The van der Waals surface area contributed by atoms with E-state index < -0.39 is 29.9 Å². The molecule has 0 radical (unpaired) electrons. The first-order valence-corrected chi connectivity index (χ1v) is 11.4. The Bertz CT molecular complexity index is 1280. The van der Waals surface area contributed by atoms with Crippen LogP contribution in [0.5, 0.6) is 5.75 Å². The summed E-state index contributed by atoms with van der Waals surface area (Å²) in [6, 6.07) is 21.6. The second kappa shape index (κ2) is 10.3. The minimum absolute atomic E-state index is 0.311. The third-order valence-corrected chi connectivity index (χ3v) is 6.05. The van der Waals surface area contributed by atoms with Gasteiger partial charge in [0.2, 0.25) is 5.91 Å². The van der Waals surface area contributed by atoms with Crippen molar-refractivity contribution in [1.29, 1.82) is 0 Å². The summed E-state index contributed by atoms with van der Waals surface area (Å²) in [5.41, 5.74) is 0.909. The van der Waals surface area contributed by atoms with E-state index in [-0.39, 0.29) is 5.91 Å². The molecule has 1 aliphatic rings. The van der Waals surface area contributed by atoms with Gasteiger partial charge in [-0.3, -0.25) is 19.3 Å². The van der Waals surface area contributed by atoms with Crippen molar-refractivity contribution in [3.8, 4) is 5.75 Å². The van der Waals surface area contributed by atoms with Crippen molar-refractivity contribution in [3.05, 3.63) is 90.0 Å². The van der Waals surface area contributed by atoms with E-state index in [0.717, 1.165) is 4.90 Å². The average molecular weight is 487 g/mol. The summed E-state index contributed by atoms with van der Waals surface area (Å²) in [5, 5.41) is 8.20. The van der Waals surface area contributed by atoms with Crippen LogP contribution in [0, 0.1) is 0 Å². The van der Waals surface area contributed by atoms with Gasteiger partial charge in [-0.1, -0.05) is 37.3 Å². The summed E-state index contributed by atoms with van der Waals surface area (Å²) in [6.45, 7) is 1.38. The van der Waals surface area contributed by atoms with E-state index in [2.05, 4.69) is 16.0 Å². The highest BCUT2D eigenvalue weighted by Gasteiger charge is 2.51. The Balaban J connectivity index is 1.37. The van der Waals surface area contributed by atoms with Crippen molar-refractivity contribution in [3.63, 3.8) is 0 Å². The van der Waals surface area contributed by atoms with E-state index in [0.29, 0.717) is 34.7 Å². The molecule has 0 spiro atoms. The fraction of sp³-hybridized carbons (Fsp3) is 0.185. The summed E-state index contributed by atoms with van der Waals surface area (Å²) in [5.74, 6) is -0.633. The zero-order valence-electron chi connectivity index (χ0n) is 19.9. The lowest BCUT2D eigenvalue weighted by molar-refractivity contribution is -0.134. The van der Waals surface area contributed by atoms with Crippen LogP contribution in [0.2, 0.25) is 0 Å². The minimum Gasteiger partial charge on any atom is -0.497 e. The van der Waals surface area contributed by atoms with Crippen LogP contribution in [-0.4, -0.2) is 42.3 Å². The second-order valence-corrected chi connectivity index (χ2v) is 8.25. The quantitative estimate of drug-likeness (QED) is 0.420. The molecule has 184 valence electrons. The smallest absolute Gasteiger partial charge is 0.325 e. The number of methoxy groups -OCH3 is 1. The molecule has 36 heavy (non-hydrogen) atoms. The largest absolute Gasteiger partial charge is 0.497 e. The molecule has 9 nitrogen and oxygen atoms in total. The van der Waals surface area contributed by atoms with Crippen LogP contribution in [0.25, 0.3) is 0 Å². The van der Waals surface area contributed by atoms with Gasteiger partial charge in [-0.15, -0.1) is 0 Å². The highest BCUT2D eigenvalue weighted by molar-refractivity contribution is 6.10. The van der Waals surface area contributed by atoms with Crippen molar-refractivity contribution in [2.24, 2.45) is 0 Å². The Labute approximate surface area is 208 Å². The SMILES string of the molecule is CCC1(c2ccccc2)NC(=O)N(CC(=O)Nc2ccc(C(=O)Nc3ccc(OC)cc3)cc2)C1=O. The van der Waals surface area contributed by atoms with E-state index in [9.17, 15) is 19.2 Å². The number of imide groups is 1. The van der Waals surface area contributed by atoms with Crippen molar-refractivity contribution in [2.75, 3.05) is 24.3 Å². The maximum atomic E-state index is 13.2. The van der Waals surface area contributed by atoms with Crippen molar-refractivity contribution in [2.45, 2.75) is 18.9 Å². The topological polar surface area (TPSA) is 117 Å². The summed E-state index contributed by atoms with van der Waals surface area (Å²) < 4.78 is 5.10. The standard InChI is InChI=1S/C27H26N4O5/c1-3-27(19-7-5-4-6-8-19)25(34)31(26(35)30-27)17-23(32)28-20-11-9-18(10-12-20)24(33)29-21-13-15-22(36-2)16-14-21/h4-16H,3,17H2,1-2H3,(H,28,32)(H,29,33)(H,30,35). The Hall–Kier alpha value is -4.66. The first-order valence-electron chi connectivity index (χ1n) is 11.4. The van der Waals surface area contributed by atoms with E-state index in [4.69, 9.17) is 4.74 Å². The number of anilines is 2. The molecule has 3 N–H and O–H groups in total. The Kier molecular flexibility index (Phi) is 7.00. The Morgan fingerprint density at radius 1 is 0.889 bits per heavy atom. The van der Waals surface area contributed by atoms with Crippen molar-refractivity contribution in [1.82, 2.24) is 10.2 Å². The van der Waals surface area contributed by atoms with Crippen LogP contribution in [0.15, 0.2) is 78.9 Å². The molecule has 1 heterocycles. The van der Waals surface area contributed by atoms with E-state index in [1.54, 1.807) is 86.8 Å². The van der Waals surface area contributed by atoms with Gasteiger partial charge in [0, 0.05) is 16.9 Å². The minimum atomic E-state index is -1.20. The second-order valence-electron chi connectivity index (χ2n) is 8.25. The molecule has 0 bridgehead atoms. The number of ether oxygens (including phenoxy) is 1. The van der Waals surface area contributed by atoms with E-state index >= 15 is 0 Å². The number of hydrogen-bond donors (Lipinski definition) is 3. The van der Waals surface area contributed by atoms with Gasteiger partial charge >= 0.3 is 6.03 Å². The monoisotopic (exact) mass is 486 g/mol. The molecule has 4 rings (SSSR count). The number of urea groups is 1. The Morgan fingerprint density at radius 2 is 1.50 bits per heavy atom. The molecular weight excluding hydrogens is 460 g/mol. The van der Waals surface area contributed by atoms with Crippen LogP contribution in [0.1, 0.15) is 29.3 Å². The molecule has 1 saturated heterocycles. The van der Waals surface area contributed by atoms with Gasteiger partial charge in [-0.2, -0.15) is 0 Å². The molecule has 0 aromatic heterocycles. The van der Waals surface area contributed by atoms with Gasteiger partial charge in [-0.05, 0) is 60.5 Å². The fourth-order valence-electron chi connectivity index (χ4n) is 4.06. The summed E-state index contributed by atoms with van der Waals surface area (Å²) in [4.78, 5) is 51.8. The van der Waals surface area contributed by atoms with Crippen LogP contribution < -0.4 is 20.7 Å². The van der Waals surface area contributed by atoms with Gasteiger partial charge in [0.15, 0.2) is 0 Å². The highest BCUT2D eigenvalue weighted by Crippen LogP contribution is 2.32. The number of carbonyl (C=O) groups excluding carboxylic acids is 4.